The van der Waals surface area contributed by atoms with Crippen molar-refractivity contribution in [3.63, 3.8) is 0 Å². The number of aromatic nitrogens is 3. The fourth-order valence-electron chi connectivity index (χ4n) is 9.55. The Balaban J connectivity index is 0.000000192. The molecule has 0 unspecified atom stereocenters. The van der Waals surface area contributed by atoms with E-state index in [9.17, 15) is 0 Å². The average molecular weight is 1130 g/mol. The van der Waals surface area contributed by atoms with Crippen LogP contribution in [0.4, 0.5) is 0 Å². The summed E-state index contributed by atoms with van der Waals surface area (Å²) in [4.78, 5) is 14.3. The second-order valence-corrected chi connectivity index (χ2v) is 19.7. The Hall–Kier alpha value is -7.36. The summed E-state index contributed by atoms with van der Waals surface area (Å²) in [5.74, 6) is 1.46. The average Bonchev–Trinajstić information content (AvgIpc) is 3.43. The summed E-state index contributed by atoms with van der Waals surface area (Å²) in [6.45, 7) is 18.3. The fraction of sp³-hybridized carbons (Fsp3) is 0.174. The Morgan fingerprint density at radius 1 is 0.315 bits per heavy atom. The van der Waals surface area contributed by atoms with Crippen molar-refractivity contribution in [2.75, 3.05) is 0 Å². The number of benzene rings is 7. The van der Waals surface area contributed by atoms with E-state index in [-0.39, 0.29) is 20.1 Å². The first-order valence-corrected chi connectivity index (χ1v) is 25.4. The third-order valence-electron chi connectivity index (χ3n) is 13.2. The number of hydrogen-bond acceptors (Lipinski definition) is 3. The Morgan fingerprint density at radius 3 is 1.00 bits per heavy atom. The fourth-order valence-corrected chi connectivity index (χ4v) is 9.55. The summed E-state index contributed by atoms with van der Waals surface area (Å²) in [7, 11) is 0. The van der Waals surface area contributed by atoms with Gasteiger partial charge < -0.3 is 4.98 Å². The van der Waals surface area contributed by atoms with E-state index in [1.54, 1.807) is 0 Å². The smallest absolute Gasteiger partial charge is 0.345 e. The zero-order valence-corrected chi connectivity index (χ0v) is 45.5. The van der Waals surface area contributed by atoms with Crippen LogP contribution in [0.3, 0.4) is 0 Å². The molecule has 3 aromatic heterocycles. The van der Waals surface area contributed by atoms with E-state index in [1.165, 1.54) is 66.8 Å². The largest absolute Gasteiger partial charge is 3.00 e. The molecule has 0 radical (unpaired) electrons. The van der Waals surface area contributed by atoms with Crippen molar-refractivity contribution in [2.45, 2.75) is 79.1 Å². The van der Waals surface area contributed by atoms with Gasteiger partial charge in [-0.1, -0.05) is 193 Å². The maximum Gasteiger partial charge on any atom is 3.00 e. The molecule has 0 amide bonds. The molecular weight excluding hydrogens is 1060 g/mol. The number of rotatable bonds is 12. The van der Waals surface area contributed by atoms with Crippen LogP contribution in [0.25, 0.3) is 89.5 Å². The van der Waals surface area contributed by atoms with Gasteiger partial charge in [0.25, 0.3) is 0 Å². The van der Waals surface area contributed by atoms with E-state index < -0.39 is 0 Å². The van der Waals surface area contributed by atoms with Gasteiger partial charge in [0.1, 0.15) is 0 Å². The first-order chi connectivity index (χ1) is 35.0. The van der Waals surface area contributed by atoms with Crippen molar-refractivity contribution in [3.05, 3.63) is 247 Å². The predicted molar refractivity (Wildman–Crippen MR) is 303 cm³/mol. The van der Waals surface area contributed by atoms with Gasteiger partial charge >= 0.3 is 20.1 Å². The molecule has 0 N–H and O–H groups in total. The Bertz CT molecular complexity index is 2970. The molecule has 362 valence electrons. The molecule has 4 heteroatoms. The van der Waals surface area contributed by atoms with Gasteiger partial charge in [0.05, 0.1) is 0 Å². The van der Waals surface area contributed by atoms with Crippen molar-refractivity contribution in [3.8, 4) is 89.5 Å². The van der Waals surface area contributed by atoms with E-state index in [0.29, 0.717) is 23.7 Å². The van der Waals surface area contributed by atoms with Crippen LogP contribution in [0.5, 0.6) is 0 Å². The summed E-state index contributed by atoms with van der Waals surface area (Å²) in [5, 5.41) is 0. The molecule has 0 fully saturated rings. The molecule has 0 bridgehead atoms. The molecule has 10 rings (SSSR count). The van der Waals surface area contributed by atoms with Crippen LogP contribution in [-0.4, -0.2) is 15.0 Å². The minimum Gasteiger partial charge on any atom is -0.345 e. The summed E-state index contributed by atoms with van der Waals surface area (Å²) in [6.07, 6.45) is 3.67. The van der Waals surface area contributed by atoms with E-state index in [2.05, 4.69) is 205 Å². The van der Waals surface area contributed by atoms with E-state index in [0.717, 1.165) is 45.0 Å². The number of pyridine rings is 3. The molecule has 10 aromatic rings. The van der Waals surface area contributed by atoms with Crippen LogP contribution in [0, 0.1) is 18.2 Å². The van der Waals surface area contributed by atoms with E-state index in [4.69, 9.17) is 4.98 Å². The predicted octanol–water partition coefficient (Wildman–Crippen LogP) is 18.8. The van der Waals surface area contributed by atoms with Crippen molar-refractivity contribution < 1.29 is 20.1 Å². The van der Waals surface area contributed by atoms with Crippen molar-refractivity contribution in [1.29, 1.82) is 0 Å². The number of nitrogens with zero attached hydrogens (tertiary/aromatic N) is 3. The summed E-state index contributed by atoms with van der Waals surface area (Å²) in [5.41, 5.74) is 23.1. The maximum atomic E-state index is 5.05. The van der Waals surface area contributed by atoms with Gasteiger partial charge in [-0.15, -0.1) is 90.0 Å². The van der Waals surface area contributed by atoms with Gasteiger partial charge in [-0.25, -0.2) is 0 Å². The quantitative estimate of drug-likeness (QED) is 0.114. The minimum atomic E-state index is 0. The maximum absolute atomic E-state index is 5.05. The summed E-state index contributed by atoms with van der Waals surface area (Å²) >= 11 is 0. The standard InChI is InChI=1S/C35H31N.C34H31N2.Ir/c1-24(2)31-20-29(26-14-8-5-9-15-26)21-32(25(3)4)35(31)30-22-33(27-16-10-6-11-17-27)36-34(23-30)28-18-12-7-13-19-28;1-23(2)30-21-26(25-12-6-5-7-13-25)22-31(24(3)4)34(30)29-19-27(32-14-8-10-16-35-32)18-28(20-29)33-15-9-11-17-36-33;/h5-16,18,20-25H,1-4H3;5-17,19-24H,1-4H3;/q-2;-1;+3. The Kier molecular flexibility index (Phi) is 17.0. The molecule has 0 atom stereocenters. The van der Waals surface area contributed by atoms with Gasteiger partial charge in [-0.05, 0) is 108 Å². The van der Waals surface area contributed by atoms with Gasteiger partial charge in [0.2, 0.25) is 0 Å². The zero-order chi connectivity index (χ0) is 50.1. The number of hydrogen-bond donors (Lipinski definition) is 0. The minimum absolute atomic E-state index is 0. The topological polar surface area (TPSA) is 38.7 Å². The first kappa shape index (κ1) is 52.0. The third kappa shape index (κ3) is 12.1. The zero-order valence-electron chi connectivity index (χ0n) is 43.1. The molecule has 0 aliphatic rings. The second kappa shape index (κ2) is 23.9. The van der Waals surface area contributed by atoms with Crippen LogP contribution < -0.4 is 0 Å². The van der Waals surface area contributed by atoms with Crippen LogP contribution in [-0.2, 0) is 20.1 Å². The normalized spacial score (nSPS) is 11.1. The SMILES string of the molecule is CC(C)c1cc(-c2ccccc2)cc(C(C)C)c1-c1cc(-c2[c-]cccc2)nc(-c2[c-]cccc2)c1.CC(C)c1cc(-c2ccccc2)cc(C(C)C)c1-c1cc(-c2ccccn2)[c-]c(-c2ccccn2)c1.[Ir+3]. The van der Waals surface area contributed by atoms with Crippen LogP contribution in [0.2, 0.25) is 0 Å². The van der Waals surface area contributed by atoms with Crippen molar-refractivity contribution in [2.24, 2.45) is 0 Å². The first-order valence-electron chi connectivity index (χ1n) is 25.4. The molecule has 0 spiro atoms. The van der Waals surface area contributed by atoms with E-state index >= 15 is 0 Å². The summed E-state index contributed by atoms with van der Waals surface area (Å²) < 4.78 is 0. The second-order valence-electron chi connectivity index (χ2n) is 19.7. The van der Waals surface area contributed by atoms with Gasteiger partial charge in [0.15, 0.2) is 0 Å². The molecule has 73 heavy (non-hydrogen) atoms. The molecule has 3 nitrogen and oxygen atoms in total. The van der Waals surface area contributed by atoms with Crippen molar-refractivity contribution >= 4 is 0 Å². The van der Waals surface area contributed by atoms with Gasteiger partial charge in [-0.2, -0.15) is 0 Å². The van der Waals surface area contributed by atoms with Crippen molar-refractivity contribution in [1.82, 2.24) is 15.0 Å². The monoisotopic (exact) mass is 1130 g/mol. The molecule has 0 aliphatic carbocycles. The third-order valence-corrected chi connectivity index (χ3v) is 13.2. The molecule has 3 heterocycles. The van der Waals surface area contributed by atoms with Gasteiger partial charge in [0, 0.05) is 23.8 Å². The summed E-state index contributed by atoms with van der Waals surface area (Å²) in [6, 6.07) is 78.3. The molecule has 7 aromatic carbocycles. The molecule has 0 saturated heterocycles. The Morgan fingerprint density at radius 2 is 0.671 bits per heavy atom. The van der Waals surface area contributed by atoms with Crippen LogP contribution in [0.15, 0.2) is 207 Å². The van der Waals surface area contributed by atoms with Crippen LogP contribution >= 0.6 is 0 Å². The van der Waals surface area contributed by atoms with Crippen LogP contribution in [0.1, 0.15) is 101 Å². The van der Waals surface area contributed by atoms with Gasteiger partial charge in [-0.3, -0.25) is 9.97 Å². The molecular formula is C69H62IrN3. The Labute approximate surface area is 447 Å². The molecule has 0 saturated carbocycles. The molecule has 0 aliphatic heterocycles. The van der Waals surface area contributed by atoms with E-state index in [1.807, 2.05) is 85.2 Å².